The second-order valence-electron chi connectivity index (χ2n) is 15.1. The smallest absolute Gasteiger partial charge is 0.192 e. The van der Waals surface area contributed by atoms with Crippen molar-refractivity contribution in [2.24, 2.45) is 0 Å². The summed E-state index contributed by atoms with van der Waals surface area (Å²) in [5.74, 6) is 0. The lowest BCUT2D eigenvalue weighted by atomic mass is 9.93. The predicted octanol–water partition coefficient (Wildman–Crippen LogP) is 6.30. The molecule has 1 rings (SSSR count). The topological polar surface area (TPSA) is 77.4 Å². The Bertz CT molecular complexity index is 689. The van der Waals surface area contributed by atoms with E-state index in [-0.39, 0.29) is 15.1 Å². The van der Waals surface area contributed by atoms with Gasteiger partial charge in [0.15, 0.2) is 25.0 Å². The van der Waals surface area contributed by atoms with Crippen LogP contribution < -0.4 is 0 Å². The average molecular weight is 551 g/mol. The lowest BCUT2D eigenvalue weighted by Crippen LogP contribution is -2.67. The van der Waals surface area contributed by atoms with Crippen LogP contribution >= 0.6 is 0 Å². The summed E-state index contributed by atoms with van der Waals surface area (Å²) in [4.78, 5) is 0. The number of aliphatic hydroxyl groups excluding tert-OH is 2. The van der Waals surface area contributed by atoms with Crippen molar-refractivity contribution in [2.75, 3.05) is 6.61 Å². The van der Waals surface area contributed by atoms with Crippen molar-refractivity contribution in [3.8, 4) is 0 Å². The summed E-state index contributed by atoms with van der Waals surface area (Å²) in [6.45, 7) is 35.2. The van der Waals surface area contributed by atoms with Crippen LogP contribution in [0.2, 0.25) is 54.4 Å². The van der Waals surface area contributed by atoms with Gasteiger partial charge in [0.2, 0.25) is 0 Å². The average Bonchev–Trinajstić information content (AvgIpc) is 2.60. The molecule has 6 atom stereocenters. The molecule has 0 aromatic heterocycles. The van der Waals surface area contributed by atoms with E-state index in [2.05, 4.69) is 102 Å². The maximum absolute atomic E-state index is 11.5. The van der Waals surface area contributed by atoms with Crippen LogP contribution in [0.4, 0.5) is 0 Å². The highest BCUT2D eigenvalue weighted by atomic mass is 28.4. The zero-order chi connectivity index (χ0) is 28.0. The number of rotatable bonds is 8. The molecule has 9 heteroatoms. The SMILES string of the molecule is CC(O)[C@H]1O[C@H](CO[Si](C)(C)C(C)(C)C)[C@@H](O[Si](C)(C)C(C)(C)C)[C@H](O[Si](C)(C)C(C)(C)C)[C@H]1O. The number of hydrogen-bond donors (Lipinski definition) is 2. The largest absolute Gasteiger partial charge is 0.414 e. The molecule has 0 bridgehead atoms. The van der Waals surface area contributed by atoms with Gasteiger partial charge in [-0.05, 0) is 61.3 Å². The third-order valence-corrected chi connectivity index (χ3v) is 22.5. The van der Waals surface area contributed by atoms with Gasteiger partial charge in [-0.3, -0.25) is 0 Å². The summed E-state index contributed by atoms with van der Waals surface area (Å²) in [7, 11) is -6.58. The quantitative estimate of drug-likeness (QED) is 0.345. The molecule has 2 N–H and O–H groups in total. The Labute approximate surface area is 219 Å². The maximum atomic E-state index is 11.5. The molecule has 1 unspecified atom stereocenters. The Morgan fingerprint density at radius 2 is 1.09 bits per heavy atom. The van der Waals surface area contributed by atoms with Crippen LogP contribution in [0.3, 0.4) is 0 Å². The van der Waals surface area contributed by atoms with Gasteiger partial charge in [-0.25, -0.2) is 0 Å². The molecule has 0 aromatic carbocycles. The number of ether oxygens (including phenoxy) is 1. The molecular formula is C26H58O6Si3. The monoisotopic (exact) mass is 550 g/mol. The molecule has 1 fully saturated rings. The molecule has 1 aliphatic rings. The van der Waals surface area contributed by atoms with Gasteiger partial charge in [-0.2, -0.15) is 0 Å². The lowest BCUT2D eigenvalue weighted by Gasteiger charge is -2.52. The normalized spacial score (nSPS) is 28.8. The minimum absolute atomic E-state index is 0.0224. The third kappa shape index (κ3) is 7.95. The van der Waals surface area contributed by atoms with Crippen molar-refractivity contribution in [3.05, 3.63) is 0 Å². The molecule has 1 saturated heterocycles. The molecular weight excluding hydrogens is 493 g/mol. The van der Waals surface area contributed by atoms with Crippen LogP contribution in [-0.2, 0) is 18.0 Å². The van der Waals surface area contributed by atoms with E-state index in [4.69, 9.17) is 18.0 Å². The van der Waals surface area contributed by atoms with Crippen LogP contribution in [0.15, 0.2) is 0 Å². The fourth-order valence-electron chi connectivity index (χ4n) is 3.31. The lowest BCUT2D eigenvalue weighted by molar-refractivity contribution is -0.239. The molecule has 0 radical (unpaired) electrons. The van der Waals surface area contributed by atoms with Gasteiger partial charge >= 0.3 is 0 Å². The first-order chi connectivity index (χ1) is 15.3. The Morgan fingerprint density at radius 1 is 0.714 bits per heavy atom. The molecule has 1 heterocycles. The Kier molecular flexibility index (Phi) is 10.4. The molecule has 0 saturated carbocycles. The number of hydrogen-bond acceptors (Lipinski definition) is 6. The minimum atomic E-state index is -2.27. The maximum Gasteiger partial charge on any atom is 0.192 e. The molecule has 0 amide bonds. The molecule has 0 aromatic rings. The van der Waals surface area contributed by atoms with Gasteiger partial charge in [0.25, 0.3) is 0 Å². The van der Waals surface area contributed by atoms with Crippen molar-refractivity contribution in [1.82, 2.24) is 0 Å². The fraction of sp³-hybridized carbons (Fsp3) is 1.00. The van der Waals surface area contributed by atoms with Gasteiger partial charge < -0.3 is 28.2 Å². The van der Waals surface area contributed by atoms with Crippen molar-refractivity contribution in [2.45, 2.75) is 160 Å². The fourth-order valence-corrected chi connectivity index (χ4v) is 6.95. The van der Waals surface area contributed by atoms with Crippen LogP contribution in [0.1, 0.15) is 69.2 Å². The highest BCUT2D eigenvalue weighted by molar-refractivity contribution is 6.75. The Balaban J connectivity index is 3.54. The van der Waals surface area contributed by atoms with Crippen molar-refractivity contribution < 1.29 is 28.2 Å². The standard InChI is InChI=1S/C26H58O6Si3/c1-18(27)21-20(28)23(32-35(15,16)26(8,9)10)22(31-34(13,14)25(5,6)7)19(30-21)17-29-33(11,12)24(2,3)4/h18-23,27-28H,17H2,1-16H3/t18?,19-,20+,21-,22-,23-/m1/s1. The molecule has 210 valence electrons. The van der Waals surface area contributed by atoms with E-state index >= 15 is 0 Å². The van der Waals surface area contributed by atoms with Gasteiger partial charge in [-0.1, -0.05) is 62.3 Å². The molecule has 6 nitrogen and oxygen atoms in total. The highest BCUT2D eigenvalue weighted by Gasteiger charge is 2.54. The van der Waals surface area contributed by atoms with E-state index in [0.717, 1.165) is 0 Å². The van der Waals surface area contributed by atoms with Crippen molar-refractivity contribution >= 4 is 25.0 Å². The van der Waals surface area contributed by atoms with E-state index in [1.807, 2.05) is 0 Å². The summed E-state index contributed by atoms with van der Waals surface area (Å²) in [5, 5.41) is 22.0. The van der Waals surface area contributed by atoms with Crippen LogP contribution in [0.5, 0.6) is 0 Å². The van der Waals surface area contributed by atoms with Gasteiger partial charge in [0.1, 0.15) is 30.5 Å². The number of aliphatic hydroxyl groups is 2. The second kappa shape index (κ2) is 10.9. The van der Waals surface area contributed by atoms with E-state index in [1.54, 1.807) is 6.92 Å². The predicted molar refractivity (Wildman–Crippen MR) is 154 cm³/mol. The van der Waals surface area contributed by atoms with Gasteiger partial charge in [0.05, 0.1) is 12.7 Å². The molecule has 0 spiro atoms. The van der Waals surface area contributed by atoms with E-state index in [0.29, 0.717) is 6.61 Å². The first-order valence-corrected chi connectivity index (χ1v) is 22.0. The van der Waals surface area contributed by atoms with Crippen LogP contribution in [0.25, 0.3) is 0 Å². The minimum Gasteiger partial charge on any atom is -0.414 e. The van der Waals surface area contributed by atoms with Crippen molar-refractivity contribution in [3.63, 3.8) is 0 Å². The Morgan fingerprint density at radius 3 is 1.43 bits per heavy atom. The van der Waals surface area contributed by atoms with Crippen molar-refractivity contribution in [1.29, 1.82) is 0 Å². The third-order valence-electron chi connectivity index (χ3n) is 9.06. The van der Waals surface area contributed by atoms with Crippen LogP contribution in [-0.4, -0.2) is 78.4 Å². The summed E-state index contributed by atoms with van der Waals surface area (Å²) in [6.07, 6.45) is -4.15. The molecule has 0 aliphatic carbocycles. The zero-order valence-corrected chi connectivity index (χ0v) is 28.7. The second-order valence-corrected chi connectivity index (χ2v) is 29.4. The van der Waals surface area contributed by atoms with Gasteiger partial charge in [0, 0.05) is 0 Å². The summed E-state index contributed by atoms with van der Waals surface area (Å²) in [6, 6.07) is 0. The van der Waals surface area contributed by atoms with E-state index in [1.165, 1.54) is 0 Å². The first kappa shape index (κ1) is 33.4. The Hall–Kier alpha value is 0.411. The first-order valence-electron chi connectivity index (χ1n) is 13.3. The highest BCUT2D eigenvalue weighted by Crippen LogP contribution is 2.44. The molecule has 35 heavy (non-hydrogen) atoms. The van der Waals surface area contributed by atoms with E-state index in [9.17, 15) is 10.2 Å². The van der Waals surface area contributed by atoms with E-state index < -0.39 is 61.6 Å². The molecule has 1 aliphatic heterocycles. The zero-order valence-electron chi connectivity index (χ0n) is 25.7. The van der Waals surface area contributed by atoms with Crippen LogP contribution in [0, 0.1) is 0 Å². The summed E-state index contributed by atoms with van der Waals surface area (Å²) < 4.78 is 26.9. The summed E-state index contributed by atoms with van der Waals surface area (Å²) >= 11 is 0. The summed E-state index contributed by atoms with van der Waals surface area (Å²) in [5.41, 5.74) is 0. The van der Waals surface area contributed by atoms with Gasteiger partial charge in [-0.15, -0.1) is 0 Å².